The van der Waals surface area contributed by atoms with Crippen molar-refractivity contribution in [2.75, 3.05) is 6.61 Å². The number of ether oxygens (including phenoxy) is 1. The number of esters is 1. The molecule has 0 unspecified atom stereocenters. The minimum absolute atomic E-state index is 0.351. The smallest absolute Gasteiger partial charge is 0.359 e. The second-order valence-corrected chi connectivity index (χ2v) is 3.65. The van der Waals surface area contributed by atoms with Gasteiger partial charge in [0.1, 0.15) is 0 Å². The first kappa shape index (κ1) is 11.4. The van der Waals surface area contributed by atoms with Gasteiger partial charge in [0.2, 0.25) is 0 Å². The van der Waals surface area contributed by atoms with Crippen LogP contribution in [0.4, 0.5) is 0 Å². The maximum absolute atomic E-state index is 11.8. The molecule has 0 spiro atoms. The molecule has 1 aromatic heterocycles. The van der Waals surface area contributed by atoms with Gasteiger partial charge in [0.05, 0.1) is 6.61 Å². The standard InChI is InChI=1S/C13H14N2O2/c1-3-17-13(16)12-11(9-15(2)14-12)10-7-5-4-6-8-10/h4-9H,3H2,1-2H3. The number of benzene rings is 1. The lowest BCUT2D eigenvalue weighted by atomic mass is 10.1. The van der Waals surface area contributed by atoms with Crippen LogP contribution in [0.3, 0.4) is 0 Å². The van der Waals surface area contributed by atoms with E-state index in [1.807, 2.05) is 36.5 Å². The number of aryl methyl sites for hydroxylation is 1. The number of rotatable bonds is 3. The van der Waals surface area contributed by atoms with E-state index < -0.39 is 0 Å². The zero-order chi connectivity index (χ0) is 12.3. The first-order chi connectivity index (χ1) is 8.22. The fourth-order valence-electron chi connectivity index (χ4n) is 1.67. The highest BCUT2D eigenvalue weighted by Gasteiger charge is 2.17. The van der Waals surface area contributed by atoms with Gasteiger partial charge in [-0.05, 0) is 12.5 Å². The lowest BCUT2D eigenvalue weighted by Gasteiger charge is -2.01. The van der Waals surface area contributed by atoms with Crippen LogP contribution in [0.25, 0.3) is 11.1 Å². The average molecular weight is 230 g/mol. The summed E-state index contributed by atoms with van der Waals surface area (Å²) in [6.07, 6.45) is 1.82. The number of aromatic nitrogens is 2. The molecular formula is C13H14N2O2. The molecule has 2 rings (SSSR count). The van der Waals surface area contributed by atoms with Crippen molar-refractivity contribution >= 4 is 5.97 Å². The summed E-state index contributed by atoms with van der Waals surface area (Å²) < 4.78 is 6.61. The van der Waals surface area contributed by atoms with E-state index in [4.69, 9.17) is 4.74 Å². The molecule has 0 bridgehead atoms. The summed E-state index contributed by atoms with van der Waals surface area (Å²) in [6, 6.07) is 9.68. The van der Waals surface area contributed by atoms with Gasteiger partial charge in [0.15, 0.2) is 5.69 Å². The molecule has 0 amide bonds. The first-order valence-electron chi connectivity index (χ1n) is 5.48. The van der Waals surface area contributed by atoms with Crippen LogP contribution in [0.2, 0.25) is 0 Å². The van der Waals surface area contributed by atoms with E-state index in [9.17, 15) is 4.79 Å². The van der Waals surface area contributed by atoms with E-state index in [0.717, 1.165) is 11.1 Å². The first-order valence-corrected chi connectivity index (χ1v) is 5.48. The maximum atomic E-state index is 11.8. The number of hydrogen-bond acceptors (Lipinski definition) is 3. The molecule has 4 heteroatoms. The summed E-state index contributed by atoms with van der Waals surface area (Å²) >= 11 is 0. The molecule has 0 N–H and O–H groups in total. The number of hydrogen-bond donors (Lipinski definition) is 0. The topological polar surface area (TPSA) is 44.1 Å². The third-order valence-corrected chi connectivity index (χ3v) is 2.38. The van der Waals surface area contributed by atoms with Crippen LogP contribution in [0.1, 0.15) is 17.4 Å². The fraction of sp³-hybridized carbons (Fsp3) is 0.231. The molecule has 0 fully saturated rings. The lowest BCUT2D eigenvalue weighted by Crippen LogP contribution is -2.07. The molecule has 0 atom stereocenters. The van der Waals surface area contributed by atoms with Crippen molar-refractivity contribution in [2.45, 2.75) is 6.92 Å². The molecule has 17 heavy (non-hydrogen) atoms. The van der Waals surface area contributed by atoms with Crippen LogP contribution < -0.4 is 0 Å². The Morgan fingerprint density at radius 1 is 1.35 bits per heavy atom. The Morgan fingerprint density at radius 3 is 2.71 bits per heavy atom. The van der Waals surface area contributed by atoms with Gasteiger partial charge in [0.25, 0.3) is 0 Å². The molecule has 0 aliphatic heterocycles. The summed E-state index contributed by atoms with van der Waals surface area (Å²) in [4.78, 5) is 11.8. The van der Waals surface area contributed by atoms with Gasteiger partial charge in [-0.15, -0.1) is 0 Å². The molecule has 0 saturated carbocycles. The zero-order valence-corrected chi connectivity index (χ0v) is 9.88. The predicted molar refractivity (Wildman–Crippen MR) is 64.6 cm³/mol. The number of carbonyl (C=O) groups excluding carboxylic acids is 1. The molecule has 1 heterocycles. The predicted octanol–water partition coefficient (Wildman–Crippen LogP) is 2.26. The minimum atomic E-state index is -0.382. The highest BCUT2D eigenvalue weighted by Crippen LogP contribution is 2.22. The van der Waals surface area contributed by atoms with Gasteiger partial charge in [-0.25, -0.2) is 4.79 Å². The second kappa shape index (κ2) is 4.82. The molecule has 0 radical (unpaired) electrons. The van der Waals surface area contributed by atoms with Crippen LogP contribution in [-0.4, -0.2) is 22.4 Å². The van der Waals surface area contributed by atoms with Crippen LogP contribution in [0.15, 0.2) is 36.5 Å². The fourth-order valence-corrected chi connectivity index (χ4v) is 1.67. The molecule has 2 aromatic rings. The van der Waals surface area contributed by atoms with E-state index in [-0.39, 0.29) is 5.97 Å². The monoisotopic (exact) mass is 230 g/mol. The highest BCUT2D eigenvalue weighted by molar-refractivity contribution is 5.95. The Balaban J connectivity index is 2.44. The van der Waals surface area contributed by atoms with Crippen LogP contribution in [0.5, 0.6) is 0 Å². The third kappa shape index (κ3) is 2.36. The molecule has 88 valence electrons. The molecule has 4 nitrogen and oxygen atoms in total. The van der Waals surface area contributed by atoms with Crippen LogP contribution in [-0.2, 0) is 11.8 Å². The molecule has 0 aliphatic rings. The van der Waals surface area contributed by atoms with Gasteiger partial charge in [-0.3, -0.25) is 4.68 Å². The summed E-state index contributed by atoms with van der Waals surface area (Å²) in [5, 5.41) is 4.15. The van der Waals surface area contributed by atoms with Crippen LogP contribution in [0, 0.1) is 0 Å². The number of nitrogens with zero attached hydrogens (tertiary/aromatic N) is 2. The zero-order valence-electron chi connectivity index (χ0n) is 9.88. The van der Waals surface area contributed by atoms with E-state index in [1.54, 1.807) is 18.7 Å². The summed E-state index contributed by atoms with van der Waals surface area (Å²) in [5.41, 5.74) is 2.12. The largest absolute Gasteiger partial charge is 0.461 e. The normalized spacial score (nSPS) is 10.2. The van der Waals surface area contributed by atoms with E-state index in [1.165, 1.54) is 0 Å². The molecule has 0 aliphatic carbocycles. The minimum Gasteiger partial charge on any atom is -0.461 e. The van der Waals surface area contributed by atoms with Crippen molar-refractivity contribution in [3.8, 4) is 11.1 Å². The Morgan fingerprint density at radius 2 is 2.06 bits per heavy atom. The lowest BCUT2D eigenvalue weighted by molar-refractivity contribution is 0.0519. The van der Waals surface area contributed by atoms with Crippen molar-refractivity contribution < 1.29 is 9.53 Å². The SMILES string of the molecule is CCOC(=O)c1nn(C)cc1-c1ccccc1. The van der Waals surface area contributed by atoms with E-state index in [0.29, 0.717) is 12.3 Å². The van der Waals surface area contributed by atoms with Crippen molar-refractivity contribution in [1.82, 2.24) is 9.78 Å². The summed E-state index contributed by atoms with van der Waals surface area (Å²) in [5.74, 6) is -0.382. The van der Waals surface area contributed by atoms with E-state index >= 15 is 0 Å². The summed E-state index contributed by atoms with van der Waals surface area (Å²) in [7, 11) is 1.79. The average Bonchev–Trinajstić information content (AvgIpc) is 2.73. The van der Waals surface area contributed by atoms with Crippen molar-refractivity contribution in [3.05, 3.63) is 42.2 Å². The van der Waals surface area contributed by atoms with Crippen molar-refractivity contribution in [1.29, 1.82) is 0 Å². The quantitative estimate of drug-likeness (QED) is 0.760. The number of carbonyl (C=O) groups is 1. The van der Waals surface area contributed by atoms with Gasteiger partial charge >= 0.3 is 5.97 Å². The maximum Gasteiger partial charge on any atom is 0.359 e. The summed E-state index contributed by atoms with van der Waals surface area (Å²) in [6.45, 7) is 2.13. The molecular weight excluding hydrogens is 216 g/mol. The van der Waals surface area contributed by atoms with Crippen LogP contribution >= 0.6 is 0 Å². The van der Waals surface area contributed by atoms with Gasteiger partial charge in [0, 0.05) is 18.8 Å². The highest BCUT2D eigenvalue weighted by atomic mass is 16.5. The molecule has 0 saturated heterocycles. The Kier molecular flexibility index (Phi) is 3.23. The third-order valence-electron chi connectivity index (χ3n) is 2.38. The molecule has 1 aromatic carbocycles. The van der Waals surface area contributed by atoms with E-state index in [2.05, 4.69) is 5.10 Å². The van der Waals surface area contributed by atoms with Gasteiger partial charge in [-0.2, -0.15) is 5.10 Å². The Labute approximate surface area is 99.8 Å². The van der Waals surface area contributed by atoms with Crippen molar-refractivity contribution in [3.63, 3.8) is 0 Å². The van der Waals surface area contributed by atoms with Crippen molar-refractivity contribution in [2.24, 2.45) is 7.05 Å². The Bertz CT molecular complexity index is 517. The Hall–Kier alpha value is -2.10. The van der Waals surface area contributed by atoms with Gasteiger partial charge < -0.3 is 4.74 Å². The van der Waals surface area contributed by atoms with Gasteiger partial charge in [-0.1, -0.05) is 30.3 Å². The second-order valence-electron chi connectivity index (χ2n) is 3.65.